The van der Waals surface area contributed by atoms with Crippen LogP contribution in [0.4, 0.5) is 5.69 Å². The van der Waals surface area contributed by atoms with E-state index in [0.717, 1.165) is 21.9 Å². The molecule has 3 aromatic rings. The van der Waals surface area contributed by atoms with Gasteiger partial charge < -0.3 is 10.2 Å². The number of para-hydroxylation sites is 1. The molecule has 3 aromatic carbocycles. The van der Waals surface area contributed by atoms with E-state index in [1.807, 2.05) is 74.5 Å². The van der Waals surface area contributed by atoms with Gasteiger partial charge in [-0.2, -0.15) is 0 Å². The van der Waals surface area contributed by atoms with Crippen LogP contribution >= 0.6 is 15.9 Å². The van der Waals surface area contributed by atoms with Crippen LogP contribution in [0.3, 0.4) is 0 Å². The van der Waals surface area contributed by atoms with Crippen molar-refractivity contribution in [1.29, 1.82) is 0 Å². The smallest absolute Gasteiger partial charge is 0.243 e. The topological polar surface area (TPSA) is 86.8 Å². The molecule has 0 aliphatic rings. The number of nitrogens with zero attached hydrogens (tertiary/aromatic N) is 2. The lowest BCUT2D eigenvalue weighted by atomic mass is 10.0. The second kappa shape index (κ2) is 15.0. The Bertz CT molecular complexity index is 1330. The van der Waals surface area contributed by atoms with Crippen molar-refractivity contribution in [3.05, 3.63) is 101 Å². The summed E-state index contributed by atoms with van der Waals surface area (Å²) in [6.07, 6.45) is 1.94. The molecule has 0 unspecified atom stereocenters. The molecule has 0 aromatic heterocycles. The van der Waals surface area contributed by atoms with Crippen molar-refractivity contribution in [2.45, 2.75) is 45.7 Å². The van der Waals surface area contributed by atoms with Gasteiger partial charge in [-0.25, -0.2) is 8.42 Å². The van der Waals surface area contributed by atoms with Gasteiger partial charge in [-0.05, 0) is 47.7 Å². The quantitative estimate of drug-likeness (QED) is 0.259. The Labute approximate surface area is 246 Å². The minimum atomic E-state index is -3.53. The number of nitrogens with one attached hydrogen (secondary N) is 1. The Morgan fingerprint density at radius 1 is 0.875 bits per heavy atom. The highest BCUT2D eigenvalue weighted by Gasteiger charge is 2.30. The summed E-state index contributed by atoms with van der Waals surface area (Å²) in [5.41, 5.74) is 2.40. The molecule has 0 bridgehead atoms. The summed E-state index contributed by atoms with van der Waals surface area (Å²) in [6.45, 7) is 4.97. The standard InChI is InChI=1S/C31H38BrN3O4S/c1-24(2)22-33-31(37)29(21-25-11-6-4-7-12-25)34(23-26-16-18-27(32)19-17-26)30(36)15-10-20-35(40(3,38)39)28-13-8-5-9-14-28/h4-9,11-14,16-19,24,29H,10,15,20-23H2,1-3H3,(H,33,37)/t29-/m0/s1. The van der Waals surface area contributed by atoms with Gasteiger partial charge in [0, 0.05) is 36.9 Å². The van der Waals surface area contributed by atoms with Crippen LogP contribution in [0.5, 0.6) is 0 Å². The van der Waals surface area contributed by atoms with Crippen LogP contribution in [0.2, 0.25) is 0 Å². The third-order valence-electron chi connectivity index (χ3n) is 6.42. The molecule has 0 radical (unpaired) electrons. The zero-order valence-corrected chi connectivity index (χ0v) is 25.7. The van der Waals surface area contributed by atoms with Crippen LogP contribution in [0.25, 0.3) is 0 Å². The summed E-state index contributed by atoms with van der Waals surface area (Å²) in [4.78, 5) is 29.0. The molecule has 7 nitrogen and oxygen atoms in total. The Hall–Kier alpha value is -3.17. The molecule has 3 rings (SSSR count). The van der Waals surface area contributed by atoms with Crippen LogP contribution in [0.15, 0.2) is 89.4 Å². The maximum absolute atomic E-state index is 13.8. The van der Waals surface area contributed by atoms with Gasteiger partial charge in [0.15, 0.2) is 0 Å². The van der Waals surface area contributed by atoms with Crippen molar-refractivity contribution >= 4 is 43.5 Å². The first kappa shape index (κ1) is 31.4. The highest BCUT2D eigenvalue weighted by atomic mass is 79.9. The molecule has 0 fully saturated rings. The van der Waals surface area contributed by atoms with Crippen LogP contribution in [0, 0.1) is 5.92 Å². The van der Waals surface area contributed by atoms with E-state index in [-0.39, 0.29) is 37.2 Å². The Morgan fingerprint density at radius 3 is 2.05 bits per heavy atom. The molecule has 1 N–H and O–H groups in total. The van der Waals surface area contributed by atoms with Gasteiger partial charge in [0.2, 0.25) is 21.8 Å². The minimum Gasteiger partial charge on any atom is -0.354 e. The SMILES string of the molecule is CC(C)CNC(=O)[C@H](Cc1ccccc1)N(Cc1ccc(Br)cc1)C(=O)CCCN(c1ccccc1)S(C)(=O)=O. The monoisotopic (exact) mass is 627 g/mol. The van der Waals surface area contributed by atoms with E-state index in [4.69, 9.17) is 0 Å². The van der Waals surface area contributed by atoms with E-state index in [1.54, 1.807) is 29.2 Å². The molecule has 9 heteroatoms. The summed E-state index contributed by atoms with van der Waals surface area (Å²) >= 11 is 3.46. The molecule has 0 saturated carbocycles. The van der Waals surface area contributed by atoms with Crippen LogP contribution < -0.4 is 9.62 Å². The first-order chi connectivity index (χ1) is 19.0. The van der Waals surface area contributed by atoms with Gasteiger partial charge in [0.25, 0.3) is 0 Å². The summed E-state index contributed by atoms with van der Waals surface area (Å²) < 4.78 is 27.3. The number of amides is 2. The van der Waals surface area contributed by atoms with Crippen LogP contribution in [-0.4, -0.2) is 50.5 Å². The van der Waals surface area contributed by atoms with E-state index < -0.39 is 16.1 Å². The predicted molar refractivity (Wildman–Crippen MR) is 164 cm³/mol. The third-order valence-corrected chi connectivity index (χ3v) is 8.14. The number of carbonyl (C=O) groups excluding carboxylic acids is 2. The molecule has 214 valence electrons. The number of sulfonamides is 1. The summed E-state index contributed by atoms with van der Waals surface area (Å²) in [6, 6.07) is 25.5. The Kier molecular flexibility index (Phi) is 11.8. The average Bonchev–Trinajstić information content (AvgIpc) is 2.93. The van der Waals surface area contributed by atoms with Gasteiger partial charge in [-0.1, -0.05) is 90.4 Å². The Morgan fingerprint density at radius 2 is 1.48 bits per heavy atom. The lowest BCUT2D eigenvalue weighted by Gasteiger charge is -2.32. The van der Waals surface area contributed by atoms with E-state index in [1.165, 1.54) is 4.31 Å². The number of benzene rings is 3. The number of anilines is 1. The largest absolute Gasteiger partial charge is 0.354 e. The van der Waals surface area contributed by atoms with Crippen LogP contribution in [0.1, 0.15) is 37.8 Å². The summed E-state index contributed by atoms with van der Waals surface area (Å²) in [7, 11) is -3.53. The fourth-order valence-electron chi connectivity index (χ4n) is 4.36. The zero-order valence-electron chi connectivity index (χ0n) is 23.3. The molecule has 0 aliphatic carbocycles. The predicted octanol–water partition coefficient (Wildman–Crippen LogP) is 5.41. The first-order valence-corrected chi connectivity index (χ1v) is 16.1. The van der Waals surface area contributed by atoms with Gasteiger partial charge >= 0.3 is 0 Å². The van der Waals surface area contributed by atoms with E-state index in [2.05, 4.69) is 21.2 Å². The normalized spacial score (nSPS) is 12.1. The molecule has 2 amide bonds. The second-order valence-electron chi connectivity index (χ2n) is 10.3. The molecule has 0 aliphatic heterocycles. The molecular formula is C31H38BrN3O4S. The number of hydrogen-bond donors (Lipinski definition) is 1. The minimum absolute atomic E-state index is 0.0954. The van der Waals surface area contributed by atoms with Crippen molar-refractivity contribution in [1.82, 2.24) is 10.2 Å². The first-order valence-electron chi connectivity index (χ1n) is 13.4. The molecule has 0 saturated heterocycles. The average molecular weight is 629 g/mol. The maximum atomic E-state index is 13.8. The molecule has 0 heterocycles. The number of hydrogen-bond acceptors (Lipinski definition) is 4. The lowest BCUT2D eigenvalue weighted by Crippen LogP contribution is -2.51. The number of halogens is 1. The highest BCUT2D eigenvalue weighted by Crippen LogP contribution is 2.20. The van der Waals surface area contributed by atoms with Crippen molar-refractivity contribution in [3.8, 4) is 0 Å². The summed E-state index contributed by atoms with van der Waals surface area (Å²) in [5, 5.41) is 3.02. The fourth-order valence-corrected chi connectivity index (χ4v) is 5.59. The van der Waals surface area contributed by atoms with Gasteiger partial charge in [0.1, 0.15) is 6.04 Å². The fraction of sp³-hybridized carbons (Fsp3) is 0.355. The van der Waals surface area contributed by atoms with Gasteiger partial charge in [-0.3, -0.25) is 13.9 Å². The highest BCUT2D eigenvalue weighted by molar-refractivity contribution is 9.10. The second-order valence-corrected chi connectivity index (χ2v) is 13.1. The Balaban J connectivity index is 1.86. The van der Waals surface area contributed by atoms with E-state index in [9.17, 15) is 18.0 Å². The molecular weight excluding hydrogens is 590 g/mol. The molecule has 0 spiro atoms. The summed E-state index contributed by atoms with van der Waals surface area (Å²) in [5.74, 6) is -0.146. The lowest BCUT2D eigenvalue weighted by molar-refractivity contribution is -0.141. The van der Waals surface area contributed by atoms with Crippen molar-refractivity contribution in [2.24, 2.45) is 5.92 Å². The zero-order chi connectivity index (χ0) is 29.1. The van der Waals surface area contributed by atoms with Gasteiger partial charge in [0.05, 0.1) is 11.9 Å². The number of carbonyl (C=O) groups is 2. The number of rotatable bonds is 14. The van der Waals surface area contributed by atoms with Crippen molar-refractivity contribution < 1.29 is 18.0 Å². The van der Waals surface area contributed by atoms with Gasteiger partial charge in [-0.15, -0.1) is 0 Å². The van der Waals surface area contributed by atoms with Crippen molar-refractivity contribution in [3.63, 3.8) is 0 Å². The third kappa shape index (κ3) is 9.78. The van der Waals surface area contributed by atoms with Crippen molar-refractivity contribution in [2.75, 3.05) is 23.7 Å². The molecule has 1 atom stereocenters. The maximum Gasteiger partial charge on any atom is 0.243 e. The van der Waals surface area contributed by atoms with E-state index in [0.29, 0.717) is 25.1 Å². The van der Waals surface area contributed by atoms with E-state index >= 15 is 0 Å². The molecule has 40 heavy (non-hydrogen) atoms. The van der Waals surface area contributed by atoms with Crippen LogP contribution in [-0.2, 0) is 32.6 Å².